The van der Waals surface area contributed by atoms with Crippen molar-refractivity contribution in [3.63, 3.8) is 0 Å². The van der Waals surface area contributed by atoms with E-state index in [0.29, 0.717) is 11.4 Å². The fraction of sp³-hybridized carbons (Fsp3) is 0.300. The van der Waals surface area contributed by atoms with E-state index >= 15 is 0 Å². The highest BCUT2D eigenvalue weighted by molar-refractivity contribution is 7.83. The van der Waals surface area contributed by atoms with Crippen LogP contribution in [-0.4, -0.2) is 42.0 Å². The number of anilines is 1. The van der Waals surface area contributed by atoms with Crippen molar-refractivity contribution < 1.29 is 23.6 Å². The Morgan fingerprint density at radius 3 is 2.41 bits per heavy atom. The Morgan fingerprint density at radius 2 is 1.86 bits per heavy atom. The molecular formula is C20H24N2O5S2. The number of aliphatic carboxylic acids is 1. The second-order valence-corrected chi connectivity index (χ2v) is 8.83. The van der Waals surface area contributed by atoms with Gasteiger partial charge >= 0.3 is 5.97 Å². The van der Waals surface area contributed by atoms with Crippen molar-refractivity contribution >= 4 is 60.6 Å². The van der Waals surface area contributed by atoms with Crippen molar-refractivity contribution in [2.24, 2.45) is 5.92 Å². The van der Waals surface area contributed by atoms with E-state index < -0.39 is 23.0 Å². The Kier molecular flexibility index (Phi) is 8.12. The Balaban J connectivity index is 0.000000687. The molecular weight excluding hydrogens is 412 g/mol. The van der Waals surface area contributed by atoms with Gasteiger partial charge in [-0.2, -0.15) is 0 Å². The van der Waals surface area contributed by atoms with Crippen LogP contribution in [0, 0.1) is 5.92 Å². The van der Waals surface area contributed by atoms with Crippen molar-refractivity contribution in [2.75, 3.05) is 19.5 Å². The summed E-state index contributed by atoms with van der Waals surface area (Å²) in [6.07, 6.45) is 0. The summed E-state index contributed by atoms with van der Waals surface area (Å²) in [5.74, 6) is -1.16. The van der Waals surface area contributed by atoms with Gasteiger partial charge in [-0.3, -0.25) is 9.59 Å². The van der Waals surface area contributed by atoms with E-state index in [-0.39, 0.29) is 5.92 Å². The Bertz CT molecular complexity index is 1030. The second-order valence-electron chi connectivity index (χ2n) is 6.50. The average Bonchev–Trinajstić information content (AvgIpc) is 3.08. The van der Waals surface area contributed by atoms with Crippen LogP contribution in [-0.2, 0) is 25.3 Å². The Labute approximate surface area is 175 Å². The summed E-state index contributed by atoms with van der Waals surface area (Å²) in [4.78, 5) is 20.8. The van der Waals surface area contributed by atoms with Crippen molar-refractivity contribution in [2.45, 2.75) is 24.8 Å². The number of ether oxygens (including phenoxy) is 1. The number of benzene rings is 2. The number of methoxy groups -OCH3 is 1. The van der Waals surface area contributed by atoms with Gasteiger partial charge in [0.2, 0.25) is 0 Å². The van der Waals surface area contributed by atoms with Crippen LogP contribution < -0.4 is 10.0 Å². The number of hydrogen-bond acceptors (Lipinski definition) is 6. The van der Waals surface area contributed by atoms with Crippen LogP contribution in [0.4, 0.5) is 5.69 Å². The number of rotatable bonds is 7. The predicted molar refractivity (Wildman–Crippen MR) is 118 cm³/mol. The third-order valence-corrected chi connectivity index (χ3v) is 6.49. The molecule has 29 heavy (non-hydrogen) atoms. The van der Waals surface area contributed by atoms with Crippen LogP contribution in [0.15, 0.2) is 41.3 Å². The standard InChI is InChI=1S/C18H20N2O3S2.C2H4O2/c1-10(2)17(18(21)22)20-25(23)12-5-7-15-14(9-12)13-6-4-11(19-3)8-16(13)24-15;1-4-2-3/h4-10,17,19-20H,1-3H3,(H,21,22);2H,1H3. The first kappa shape index (κ1) is 22.8. The average molecular weight is 437 g/mol. The van der Waals surface area contributed by atoms with Crippen LogP contribution in [0.3, 0.4) is 0 Å². The van der Waals surface area contributed by atoms with Gasteiger partial charge < -0.3 is 15.2 Å². The number of fused-ring (bicyclic) bond motifs is 3. The molecule has 156 valence electrons. The molecule has 0 aliphatic heterocycles. The molecule has 3 rings (SSSR count). The lowest BCUT2D eigenvalue weighted by Crippen LogP contribution is -2.41. The minimum absolute atomic E-state index is 0.160. The van der Waals surface area contributed by atoms with Crippen LogP contribution >= 0.6 is 11.3 Å². The van der Waals surface area contributed by atoms with Crippen molar-refractivity contribution in [1.29, 1.82) is 0 Å². The number of thiophene rings is 1. The van der Waals surface area contributed by atoms with E-state index in [1.54, 1.807) is 31.3 Å². The van der Waals surface area contributed by atoms with Gasteiger partial charge in [0.05, 0.1) is 12.0 Å². The van der Waals surface area contributed by atoms with E-state index in [1.165, 1.54) is 7.11 Å². The molecule has 7 nitrogen and oxygen atoms in total. The maximum atomic E-state index is 12.6. The minimum Gasteiger partial charge on any atom is -0.480 e. The molecule has 2 unspecified atom stereocenters. The summed E-state index contributed by atoms with van der Waals surface area (Å²) in [5, 5.41) is 14.5. The van der Waals surface area contributed by atoms with Crippen LogP contribution in [0.2, 0.25) is 0 Å². The lowest BCUT2D eigenvalue weighted by atomic mass is 10.1. The first-order chi connectivity index (χ1) is 13.8. The quantitative estimate of drug-likeness (QED) is 0.489. The van der Waals surface area contributed by atoms with Gasteiger partial charge in [0.15, 0.2) is 0 Å². The summed E-state index contributed by atoms with van der Waals surface area (Å²) in [7, 11) is 1.61. The number of hydrogen-bond donors (Lipinski definition) is 3. The highest BCUT2D eigenvalue weighted by Gasteiger charge is 2.24. The van der Waals surface area contributed by atoms with Crippen molar-refractivity contribution in [3.05, 3.63) is 36.4 Å². The van der Waals surface area contributed by atoms with E-state index in [4.69, 9.17) is 4.79 Å². The molecule has 0 fully saturated rings. The molecule has 0 saturated carbocycles. The first-order valence-electron chi connectivity index (χ1n) is 8.83. The summed E-state index contributed by atoms with van der Waals surface area (Å²) in [6, 6.07) is 10.9. The monoisotopic (exact) mass is 436 g/mol. The number of carboxylic acid groups (broad SMARTS) is 1. The second kappa shape index (κ2) is 10.3. The van der Waals surface area contributed by atoms with Gasteiger partial charge in [0.1, 0.15) is 17.0 Å². The molecule has 0 saturated heterocycles. The maximum absolute atomic E-state index is 12.6. The maximum Gasteiger partial charge on any atom is 0.321 e. The van der Waals surface area contributed by atoms with Crippen LogP contribution in [0.1, 0.15) is 13.8 Å². The normalized spacial score (nSPS) is 12.9. The molecule has 2 atom stereocenters. The number of carboxylic acids is 1. The third-order valence-electron chi connectivity index (χ3n) is 4.21. The highest BCUT2D eigenvalue weighted by Crippen LogP contribution is 2.36. The lowest BCUT2D eigenvalue weighted by Gasteiger charge is -2.17. The van der Waals surface area contributed by atoms with Gasteiger partial charge in [-0.25, -0.2) is 8.93 Å². The molecule has 3 N–H and O–H groups in total. The molecule has 9 heteroatoms. The number of nitrogens with one attached hydrogen (secondary N) is 2. The van der Waals surface area contributed by atoms with Gasteiger partial charge in [-0.05, 0) is 36.2 Å². The molecule has 2 aromatic carbocycles. The molecule has 0 amide bonds. The molecule has 1 heterocycles. The van der Waals surface area contributed by atoms with Gasteiger partial charge in [0.25, 0.3) is 6.47 Å². The topological polar surface area (TPSA) is 105 Å². The Hall–Kier alpha value is -2.49. The number of carbonyl (C=O) groups excluding carboxylic acids is 1. The fourth-order valence-electron chi connectivity index (χ4n) is 2.68. The van der Waals surface area contributed by atoms with E-state index in [0.717, 1.165) is 25.9 Å². The molecule has 3 aromatic rings. The fourth-order valence-corrected chi connectivity index (χ4v) is 4.96. The predicted octanol–water partition coefficient (Wildman–Crippen LogP) is 3.61. The van der Waals surface area contributed by atoms with Gasteiger partial charge in [0, 0.05) is 32.9 Å². The zero-order valence-electron chi connectivity index (χ0n) is 16.6. The van der Waals surface area contributed by atoms with Crippen LogP contribution in [0.25, 0.3) is 20.2 Å². The first-order valence-corrected chi connectivity index (χ1v) is 10.8. The molecule has 1 aromatic heterocycles. The SMILES string of the molecule is CNc1ccc2c(c1)sc1ccc(S(=O)NC(C(=O)O)C(C)C)cc12.COC=O. The summed E-state index contributed by atoms with van der Waals surface area (Å²) < 4.78 is 21.4. The Morgan fingerprint density at radius 1 is 1.17 bits per heavy atom. The highest BCUT2D eigenvalue weighted by atomic mass is 32.2. The molecule has 0 radical (unpaired) electrons. The van der Waals surface area contributed by atoms with Gasteiger partial charge in [-0.1, -0.05) is 19.9 Å². The van der Waals surface area contributed by atoms with E-state index in [1.807, 2.05) is 31.3 Å². The van der Waals surface area contributed by atoms with E-state index in [9.17, 15) is 14.1 Å². The van der Waals surface area contributed by atoms with E-state index in [2.05, 4.69) is 20.8 Å². The number of carbonyl (C=O) groups is 2. The smallest absolute Gasteiger partial charge is 0.321 e. The summed E-state index contributed by atoms with van der Waals surface area (Å²) >= 11 is 1.68. The third kappa shape index (κ3) is 5.53. The molecule has 0 bridgehead atoms. The summed E-state index contributed by atoms with van der Waals surface area (Å²) in [5.41, 5.74) is 1.05. The van der Waals surface area contributed by atoms with Crippen LogP contribution in [0.5, 0.6) is 0 Å². The zero-order chi connectivity index (χ0) is 21.6. The largest absolute Gasteiger partial charge is 0.480 e. The van der Waals surface area contributed by atoms with Crippen molar-refractivity contribution in [3.8, 4) is 0 Å². The van der Waals surface area contributed by atoms with Gasteiger partial charge in [-0.15, -0.1) is 11.3 Å². The molecule has 0 aliphatic rings. The zero-order valence-corrected chi connectivity index (χ0v) is 18.2. The minimum atomic E-state index is -1.58. The lowest BCUT2D eigenvalue weighted by molar-refractivity contribution is -0.140. The molecule has 0 spiro atoms. The van der Waals surface area contributed by atoms with Crippen molar-refractivity contribution in [1.82, 2.24) is 4.72 Å². The molecule has 0 aliphatic carbocycles. The summed E-state index contributed by atoms with van der Waals surface area (Å²) in [6.45, 7) is 3.95.